The summed E-state index contributed by atoms with van der Waals surface area (Å²) in [7, 11) is 0.683. The van der Waals surface area contributed by atoms with Crippen molar-refractivity contribution in [1.29, 1.82) is 0 Å². The average Bonchev–Trinajstić information content (AvgIpc) is 1.99. The molecule has 0 fully saturated rings. The SMILES string of the molecule is CO[Si](C)(CS[Si](C)(C)C)OC. The minimum absolute atomic E-state index is 1.01. The van der Waals surface area contributed by atoms with Crippen LogP contribution in [0.1, 0.15) is 0 Å². The Bertz CT molecular complexity index is 132. The van der Waals surface area contributed by atoms with E-state index in [0.717, 1.165) is 5.38 Å². The second-order valence-corrected chi connectivity index (χ2v) is 17.2. The van der Waals surface area contributed by atoms with E-state index in [1.54, 1.807) is 14.2 Å². The summed E-state index contributed by atoms with van der Waals surface area (Å²) in [4.78, 5) is 0. The molecule has 0 spiro atoms. The maximum absolute atomic E-state index is 5.40. The molecule has 0 unspecified atom stereocenters. The van der Waals surface area contributed by atoms with Crippen LogP contribution >= 0.6 is 11.2 Å². The molecular formula is C7H20O2SSi2. The van der Waals surface area contributed by atoms with Crippen LogP contribution < -0.4 is 0 Å². The Hall–Kier alpha value is 0.704. The van der Waals surface area contributed by atoms with E-state index in [-0.39, 0.29) is 0 Å². The van der Waals surface area contributed by atoms with Gasteiger partial charge in [-0.2, -0.15) is 11.2 Å². The van der Waals surface area contributed by atoms with Crippen LogP contribution in [0.15, 0.2) is 0 Å². The first-order valence-electron chi connectivity index (χ1n) is 4.07. The van der Waals surface area contributed by atoms with Crippen molar-refractivity contribution in [3.05, 3.63) is 0 Å². The first kappa shape index (κ1) is 12.7. The molecule has 0 saturated heterocycles. The maximum Gasteiger partial charge on any atom is 0.344 e. The Balaban J connectivity index is 3.89. The van der Waals surface area contributed by atoms with Crippen LogP contribution in [0.25, 0.3) is 0 Å². The molecule has 0 aliphatic rings. The summed E-state index contributed by atoms with van der Waals surface area (Å²) in [6, 6.07) is 0. The van der Waals surface area contributed by atoms with Gasteiger partial charge in [0.15, 0.2) is 0 Å². The maximum atomic E-state index is 5.40. The fourth-order valence-corrected chi connectivity index (χ4v) is 10.7. The molecule has 2 nitrogen and oxygen atoms in total. The topological polar surface area (TPSA) is 18.5 Å². The second-order valence-electron chi connectivity index (χ2n) is 3.94. The van der Waals surface area contributed by atoms with Crippen LogP contribution in [0.5, 0.6) is 0 Å². The van der Waals surface area contributed by atoms with Crippen molar-refractivity contribution in [2.45, 2.75) is 26.2 Å². The van der Waals surface area contributed by atoms with Crippen molar-refractivity contribution in [3.63, 3.8) is 0 Å². The Kier molecular flexibility index (Phi) is 5.09. The van der Waals surface area contributed by atoms with Gasteiger partial charge in [0.1, 0.15) is 7.22 Å². The first-order valence-corrected chi connectivity index (χ1v) is 11.8. The van der Waals surface area contributed by atoms with Crippen molar-refractivity contribution in [2.24, 2.45) is 0 Å². The molecule has 0 aliphatic carbocycles. The molecule has 0 atom stereocenters. The largest absolute Gasteiger partial charge is 0.397 e. The summed E-state index contributed by atoms with van der Waals surface area (Å²) in [5.41, 5.74) is 0. The fourth-order valence-electron chi connectivity index (χ4n) is 0.549. The van der Waals surface area contributed by atoms with E-state index in [9.17, 15) is 0 Å². The molecule has 0 aromatic heterocycles. The number of hydrogen-bond acceptors (Lipinski definition) is 3. The summed E-state index contributed by atoms with van der Waals surface area (Å²) in [5.74, 6) is 0. The van der Waals surface area contributed by atoms with Crippen LogP contribution in [0, 0.1) is 0 Å². The molecule has 0 aliphatic heterocycles. The van der Waals surface area contributed by atoms with E-state index in [2.05, 4.69) is 26.2 Å². The standard InChI is InChI=1S/C7H20O2SSi2/c1-8-12(6,9-2)7-10-11(3,4)5/h7H2,1-6H3. The highest BCUT2D eigenvalue weighted by Gasteiger charge is 2.31. The molecule has 0 radical (unpaired) electrons. The third kappa shape index (κ3) is 5.37. The van der Waals surface area contributed by atoms with Gasteiger partial charge in [0.2, 0.25) is 0 Å². The van der Waals surface area contributed by atoms with Crippen LogP contribution in [-0.4, -0.2) is 35.4 Å². The van der Waals surface area contributed by atoms with Crippen molar-refractivity contribution < 1.29 is 8.85 Å². The molecule has 0 amide bonds. The molecule has 0 bridgehead atoms. The van der Waals surface area contributed by atoms with Gasteiger partial charge in [-0.25, -0.2) is 0 Å². The van der Waals surface area contributed by atoms with Crippen LogP contribution in [-0.2, 0) is 8.85 Å². The van der Waals surface area contributed by atoms with Gasteiger partial charge in [-0.1, -0.05) is 19.6 Å². The summed E-state index contributed by atoms with van der Waals surface area (Å²) in [6.07, 6.45) is 0. The average molecular weight is 224 g/mol. The third-order valence-electron chi connectivity index (χ3n) is 1.63. The van der Waals surface area contributed by atoms with Gasteiger partial charge in [0.25, 0.3) is 0 Å². The lowest BCUT2D eigenvalue weighted by molar-refractivity contribution is 0.257. The molecule has 74 valence electrons. The molecule has 0 heterocycles. The van der Waals surface area contributed by atoms with Crippen LogP contribution in [0.2, 0.25) is 26.2 Å². The summed E-state index contributed by atoms with van der Waals surface area (Å²) in [6.45, 7) is 9.15. The Labute approximate surface area is 81.9 Å². The molecule has 0 N–H and O–H groups in total. The van der Waals surface area contributed by atoms with Crippen molar-refractivity contribution in [2.75, 3.05) is 19.6 Å². The van der Waals surface area contributed by atoms with Crippen molar-refractivity contribution in [1.82, 2.24) is 0 Å². The lowest BCUT2D eigenvalue weighted by Crippen LogP contribution is -2.41. The van der Waals surface area contributed by atoms with Crippen LogP contribution in [0.4, 0.5) is 0 Å². The van der Waals surface area contributed by atoms with Gasteiger partial charge in [-0.3, -0.25) is 0 Å². The summed E-state index contributed by atoms with van der Waals surface area (Å²) < 4.78 is 10.8. The summed E-state index contributed by atoms with van der Waals surface area (Å²) in [5, 5.41) is 1.05. The minimum atomic E-state index is -1.81. The third-order valence-corrected chi connectivity index (χ3v) is 10.8. The van der Waals surface area contributed by atoms with Crippen molar-refractivity contribution >= 4 is 27.0 Å². The van der Waals surface area contributed by atoms with E-state index in [0.29, 0.717) is 0 Å². The molecule has 5 heteroatoms. The zero-order valence-corrected chi connectivity index (χ0v) is 11.7. The number of rotatable bonds is 5. The van der Waals surface area contributed by atoms with Crippen molar-refractivity contribution in [3.8, 4) is 0 Å². The van der Waals surface area contributed by atoms with Gasteiger partial charge in [-0.15, -0.1) is 0 Å². The van der Waals surface area contributed by atoms with Gasteiger partial charge < -0.3 is 8.85 Å². The molecule has 0 rings (SSSR count). The smallest absolute Gasteiger partial charge is 0.344 e. The Morgan fingerprint density at radius 2 is 1.42 bits per heavy atom. The molecule has 12 heavy (non-hydrogen) atoms. The summed E-state index contributed by atoms with van der Waals surface area (Å²) >= 11 is 2.04. The van der Waals surface area contributed by atoms with E-state index in [1.165, 1.54) is 0 Å². The van der Waals surface area contributed by atoms with Gasteiger partial charge in [0.05, 0.1) is 0 Å². The highest BCUT2D eigenvalue weighted by atomic mass is 32.4. The van der Waals surface area contributed by atoms with Gasteiger partial charge in [-0.05, 0) is 6.55 Å². The van der Waals surface area contributed by atoms with Gasteiger partial charge in [0, 0.05) is 19.6 Å². The predicted molar refractivity (Wildman–Crippen MR) is 61.4 cm³/mol. The highest BCUT2D eigenvalue weighted by Crippen LogP contribution is 2.23. The normalized spacial score (nSPS) is 13.5. The zero-order chi connectivity index (χ0) is 9.83. The molecular weight excluding hydrogens is 204 g/mol. The lowest BCUT2D eigenvalue weighted by Gasteiger charge is -2.25. The Morgan fingerprint density at radius 3 is 1.67 bits per heavy atom. The first-order chi connectivity index (χ1) is 5.33. The van der Waals surface area contributed by atoms with E-state index >= 15 is 0 Å². The van der Waals surface area contributed by atoms with E-state index < -0.39 is 15.8 Å². The van der Waals surface area contributed by atoms with E-state index in [4.69, 9.17) is 8.85 Å². The molecule has 0 aromatic rings. The van der Waals surface area contributed by atoms with Gasteiger partial charge >= 0.3 is 8.56 Å². The quantitative estimate of drug-likeness (QED) is 0.669. The fraction of sp³-hybridized carbons (Fsp3) is 1.00. The second kappa shape index (κ2) is 4.81. The predicted octanol–water partition coefficient (Wildman–Crippen LogP) is 2.46. The highest BCUT2D eigenvalue weighted by molar-refractivity contribution is 8.29. The Morgan fingerprint density at radius 1 is 1.00 bits per heavy atom. The minimum Gasteiger partial charge on any atom is -0.397 e. The molecule has 0 saturated carbocycles. The number of hydrogen-bond donors (Lipinski definition) is 0. The lowest BCUT2D eigenvalue weighted by atomic mass is 11.8. The monoisotopic (exact) mass is 224 g/mol. The zero-order valence-electron chi connectivity index (χ0n) is 8.93. The van der Waals surface area contributed by atoms with E-state index in [1.807, 2.05) is 11.2 Å². The van der Waals surface area contributed by atoms with Crippen LogP contribution in [0.3, 0.4) is 0 Å². The molecule has 0 aromatic carbocycles.